The van der Waals surface area contributed by atoms with Gasteiger partial charge in [0.15, 0.2) is 18.1 Å². The first-order chi connectivity index (χ1) is 11.9. The van der Waals surface area contributed by atoms with E-state index in [9.17, 15) is 18.0 Å². The highest BCUT2D eigenvalue weighted by molar-refractivity contribution is 5.92. The highest BCUT2D eigenvalue weighted by Gasteiger charge is 2.32. The maximum absolute atomic E-state index is 12.6. The zero-order chi connectivity index (χ0) is 17.9. The zero-order valence-electron chi connectivity index (χ0n) is 12.8. The molecule has 0 atom stereocenters. The number of carbonyl (C=O) groups excluding carboxylic acids is 1. The maximum atomic E-state index is 12.6. The van der Waals surface area contributed by atoms with Crippen molar-refractivity contribution in [1.29, 1.82) is 0 Å². The summed E-state index contributed by atoms with van der Waals surface area (Å²) in [5.74, 6) is 0.251. The molecule has 0 bridgehead atoms. The van der Waals surface area contributed by atoms with Gasteiger partial charge in [-0.1, -0.05) is 6.07 Å². The lowest BCUT2D eigenvalue weighted by Crippen LogP contribution is -2.21. The van der Waals surface area contributed by atoms with E-state index >= 15 is 0 Å². The van der Waals surface area contributed by atoms with Gasteiger partial charge in [-0.2, -0.15) is 13.2 Å². The van der Waals surface area contributed by atoms with Crippen molar-refractivity contribution in [3.63, 3.8) is 0 Å². The van der Waals surface area contributed by atoms with Crippen LogP contribution >= 0.6 is 0 Å². The molecule has 1 aromatic heterocycles. The second-order valence-corrected chi connectivity index (χ2v) is 5.05. The molecule has 1 aromatic carbocycles. The molecule has 0 radical (unpaired) electrons. The molecule has 0 aliphatic carbocycles. The monoisotopic (exact) mass is 354 g/mol. The largest absolute Gasteiger partial charge is 0.486 e. The minimum absolute atomic E-state index is 0.285. The molecule has 6 nitrogen and oxygen atoms in total. The Kier molecular flexibility index (Phi) is 4.64. The van der Waals surface area contributed by atoms with E-state index in [1.807, 2.05) is 0 Å². The maximum Gasteiger partial charge on any atom is 0.433 e. The van der Waals surface area contributed by atoms with Gasteiger partial charge in [0.25, 0.3) is 5.91 Å². The van der Waals surface area contributed by atoms with Gasteiger partial charge in [-0.3, -0.25) is 4.79 Å². The van der Waals surface area contributed by atoms with Gasteiger partial charge in [0.1, 0.15) is 18.9 Å². The lowest BCUT2D eigenvalue weighted by molar-refractivity contribution is -0.141. The van der Waals surface area contributed by atoms with Gasteiger partial charge in [-0.05, 0) is 18.2 Å². The number of anilines is 1. The van der Waals surface area contributed by atoms with Gasteiger partial charge in [-0.15, -0.1) is 0 Å². The summed E-state index contributed by atoms with van der Waals surface area (Å²) < 4.78 is 53.5. The number of nitrogens with one attached hydrogen (secondary N) is 1. The fourth-order valence-corrected chi connectivity index (χ4v) is 2.11. The summed E-state index contributed by atoms with van der Waals surface area (Å²) in [7, 11) is 0. The zero-order valence-corrected chi connectivity index (χ0v) is 12.8. The molecule has 25 heavy (non-hydrogen) atoms. The molecule has 2 aromatic rings. The van der Waals surface area contributed by atoms with Crippen LogP contribution in [0.1, 0.15) is 5.69 Å². The topological polar surface area (TPSA) is 69.7 Å². The van der Waals surface area contributed by atoms with E-state index < -0.39 is 24.4 Å². The number of halogens is 3. The smallest absolute Gasteiger partial charge is 0.433 e. The van der Waals surface area contributed by atoms with Crippen molar-refractivity contribution < 1.29 is 32.2 Å². The molecule has 1 N–H and O–H groups in total. The third-order valence-corrected chi connectivity index (χ3v) is 3.19. The number of benzene rings is 1. The Morgan fingerprint density at radius 2 is 1.92 bits per heavy atom. The normalized spacial score (nSPS) is 13.2. The number of fused-ring (bicyclic) bond motifs is 1. The van der Waals surface area contributed by atoms with Crippen molar-refractivity contribution in [3.8, 4) is 17.4 Å². The summed E-state index contributed by atoms with van der Waals surface area (Å²) in [5, 5.41) is 2.56. The molecule has 3 rings (SSSR count). The number of ether oxygens (including phenoxy) is 3. The van der Waals surface area contributed by atoms with Crippen LogP contribution in [0.2, 0.25) is 0 Å². The molecule has 1 aliphatic rings. The summed E-state index contributed by atoms with van der Waals surface area (Å²) in [5.41, 5.74) is -0.632. The predicted molar refractivity (Wildman–Crippen MR) is 80.8 cm³/mol. The molecular formula is C16H13F3N2O4. The van der Waals surface area contributed by atoms with E-state index in [1.165, 1.54) is 6.07 Å². The molecule has 1 amide bonds. The molecule has 0 saturated heterocycles. The second-order valence-electron chi connectivity index (χ2n) is 5.05. The van der Waals surface area contributed by atoms with E-state index in [0.717, 1.165) is 12.1 Å². The number of nitrogens with zero attached hydrogens (tertiary/aromatic N) is 1. The standard InChI is InChI=1S/C16H13F3N2O4/c17-16(18,19)13-2-1-3-15(21-13)25-9-14(22)20-10-4-5-11-12(8-10)24-7-6-23-11/h1-5,8H,6-7,9H2,(H,20,22). The molecule has 0 saturated carbocycles. The van der Waals surface area contributed by atoms with E-state index in [0.29, 0.717) is 30.4 Å². The summed E-state index contributed by atoms with van der Waals surface area (Å²) in [4.78, 5) is 15.2. The highest BCUT2D eigenvalue weighted by atomic mass is 19.4. The SMILES string of the molecule is O=C(COc1cccc(C(F)(F)F)n1)Nc1ccc2c(c1)OCCO2. The van der Waals surface area contributed by atoms with E-state index in [2.05, 4.69) is 10.3 Å². The Labute approximate surface area is 140 Å². The Balaban J connectivity index is 1.58. The van der Waals surface area contributed by atoms with Crippen LogP contribution in [0, 0.1) is 0 Å². The number of aromatic nitrogens is 1. The van der Waals surface area contributed by atoms with Crippen LogP contribution in [-0.4, -0.2) is 30.7 Å². The van der Waals surface area contributed by atoms with Crippen LogP contribution in [0.25, 0.3) is 0 Å². The number of carbonyl (C=O) groups is 1. The predicted octanol–water partition coefficient (Wildman–Crippen LogP) is 2.89. The summed E-state index contributed by atoms with van der Waals surface area (Å²) in [6, 6.07) is 8.08. The molecule has 1 aliphatic heterocycles. The highest BCUT2D eigenvalue weighted by Crippen LogP contribution is 2.32. The van der Waals surface area contributed by atoms with Crippen LogP contribution in [0.5, 0.6) is 17.4 Å². The van der Waals surface area contributed by atoms with Crippen molar-refractivity contribution in [3.05, 3.63) is 42.1 Å². The third kappa shape index (κ3) is 4.31. The molecule has 9 heteroatoms. The van der Waals surface area contributed by atoms with Gasteiger partial charge in [0.05, 0.1) is 0 Å². The quantitative estimate of drug-likeness (QED) is 0.914. The first-order valence-electron chi connectivity index (χ1n) is 7.28. The van der Waals surface area contributed by atoms with Crippen LogP contribution in [0.3, 0.4) is 0 Å². The summed E-state index contributed by atoms with van der Waals surface area (Å²) >= 11 is 0. The second kappa shape index (κ2) is 6.88. The van der Waals surface area contributed by atoms with Crippen molar-refractivity contribution in [2.24, 2.45) is 0 Å². The molecule has 2 heterocycles. The van der Waals surface area contributed by atoms with Crippen LogP contribution in [0.15, 0.2) is 36.4 Å². The Morgan fingerprint density at radius 1 is 1.16 bits per heavy atom. The van der Waals surface area contributed by atoms with Gasteiger partial charge >= 0.3 is 6.18 Å². The van der Waals surface area contributed by atoms with E-state index in [1.54, 1.807) is 18.2 Å². The van der Waals surface area contributed by atoms with Gasteiger partial charge in [0.2, 0.25) is 5.88 Å². The minimum atomic E-state index is -4.58. The average molecular weight is 354 g/mol. The Morgan fingerprint density at radius 3 is 2.68 bits per heavy atom. The average Bonchev–Trinajstić information content (AvgIpc) is 2.59. The van der Waals surface area contributed by atoms with Gasteiger partial charge in [0, 0.05) is 17.8 Å². The fraction of sp³-hybridized carbons (Fsp3) is 0.250. The van der Waals surface area contributed by atoms with Crippen molar-refractivity contribution in [1.82, 2.24) is 4.98 Å². The first-order valence-corrected chi connectivity index (χ1v) is 7.28. The number of alkyl halides is 3. The van der Waals surface area contributed by atoms with Crippen molar-refractivity contribution >= 4 is 11.6 Å². The number of hydrogen-bond donors (Lipinski definition) is 1. The first kappa shape index (κ1) is 16.9. The molecule has 0 spiro atoms. The Bertz CT molecular complexity index is 780. The molecule has 0 unspecified atom stereocenters. The summed E-state index contributed by atoms with van der Waals surface area (Å²) in [6.45, 7) is 0.383. The number of hydrogen-bond acceptors (Lipinski definition) is 5. The molecule has 0 fully saturated rings. The minimum Gasteiger partial charge on any atom is -0.486 e. The number of amides is 1. The lowest BCUT2D eigenvalue weighted by Gasteiger charge is -2.19. The van der Waals surface area contributed by atoms with Crippen molar-refractivity contribution in [2.75, 3.05) is 25.1 Å². The molecule has 132 valence electrons. The van der Waals surface area contributed by atoms with Gasteiger partial charge in [-0.25, -0.2) is 4.98 Å². The number of pyridine rings is 1. The van der Waals surface area contributed by atoms with Crippen LogP contribution in [0.4, 0.5) is 18.9 Å². The van der Waals surface area contributed by atoms with Crippen LogP contribution in [-0.2, 0) is 11.0 Å². The van der Waals surface area contributed by atoms with E-state index in [4.69, 9.17) is 14.2 Å². The Hall–Kier alpha value is -2.97. The van der Waals surface area contributed by atoms with Gasteiger partial charge < -0.3 is 19.5 Å². The van der Waals surface area contributed by atoms with Crippen LogP contribution < -0.4 is 19.5 Å². The molecular weight excluding hydrogens is 341 g/mol. The fourth-order valence-electron chi connectivity index (χ4n) is 2.11. The summed E-state index contributed by atoms with van der Waals surface area (Å²) in [6.07, 6.45) is -4.58. The van der Waals surface area contributed by atoms with Crippen molar-refractivity contribution in [2.45, 2.75) is 6.18 Å². The third-order valence-electron chi connectivity index (χ3n) is 3.19. The lowest BCUT2D eigenvalue weighted by atomic mass is 10.2. The number of rotatable bonds is 4. The van der Waals surface area contributed by atoms with E-state index in [-0.39, 0.29) is 5.88 Å².